The molecule has 8 nitrogen and oxygen atoms in total. The van der Waals surface area contributed by atoms with Gasteiger partial charge >= 0.3 is 0 Å². The Morgan fingerprint density at radius 1 is 0.935 bits per heavy atom. The molecule has 2 saturated heterocycles. The Bertz CT molecular complexity index is 881. The number of carbonyl (C=O) groups is 2. The van der Waals surface area contributed by atoms with Crippen LogP contribution >= 0.6 is 0 Å². The van der Waals surface area contributed by atoms with Crippen LogP contribution in [-0.2, 0) is 20.7 Å². The highest BCUT2D eigenvalue weighted by molar-refractivity contribution is 5.79. The quantitative estimate of drug-likeness (QED) is 0.698. The van der Waals surface area contributed by atoms with Gasteiger partial charge in [-0.3, -0.25) is 14.5 Å². The third kappa shape index (κ3) is 5.71. The second-order valence-corrected chi connectivity index (χ2v) is 8.13. The molecule has 2 fully saturated rings. The van der Waals surface area contributed by atoms with E-state index in [1.807, 2.05) is 41.0 Å². The summed E-state index contributed by atoms with van der Waals surface area (Å²) in [6.45, 7) is 7.79. The molecule has 3 heterocycles. The van der Waals surface area contributed by atoms with Gasteiger partial charge in [0.25, 0.3) is 0 Å². The van der Waals surface area contributed by atoms with Gasteiger partial charge in [0, 0.05) is 57.7 Å². The SMILES string of the molecule is Cc1ccc(-c2cnc(CCC(=O)N3CCN(C(=O)CN4CCOCC4)CC3)o2)cc1. The lowest BCUT2D eigenvalue weighted by atomic mass is 10.1. The highest BCUT2D eigenvalue weighted by Gasteiger charge is 2.25. The highest BCUT2D eigenvalue weighted by Crippen LogP contribution is 2.21. The predicted octanol–water partition coefficient (Wildman–Crippen LogP) is 1.59. The number of aromatic nitrogens is 1. The van der Waals surface area contributed by atoms with Crippen LogP contribution in [-0.4, -0.2) is 90.5 Å². The number of hydrogen-bond donors (Lipinski definition) is 0. The maximum Gasteiger partial charge on any atom is 0.236 e. The minimum Gasteiger partial charge on any atom is -0.441 e. The molecule has 0 radical (unpaired) electrons. The predicted molar refractivity (Wildman–Crippen MR) is 115 cm³/mol. The average Bonchev–Trinajstić information content (AvgIpc) is 3.28. The molecule has 2 aliphatic rings. The van der Waals surface area contributed by atoms with Gasteiger partial charge in [-0.1, -0.05) is 29.8 Å². The average molecular weight is 427 g/mol. The van der Waals surface area contributed by atoms with Crippen molar-refractivity contribution in [3.05, 3.63) is 41.9 Å². The van der Waals surface area contributed by atoms with E-state index in [1.54, 1.807) is 6.20 Å². The van der Waals surface area contributed by atoms with Crippen LogP contribution in [0, 0.1) is 6.92 Å². The first-order valence-corrected chi connectivity index (χ1v) is 11.0. The molecule has 0 spiro atoms. The van der Waals surface area contributed by atoms with Crippen molar-refractivity contribution >= 4 is 11.8 Å². The second kappa shape index (κ2) is 10.1. The van der Waals surface area contributed by atoms with Gasteiger partial charge in [0.2, 0.25) is 11.8 Å². The fourth-order valence-electron chi connectivity index (χ4n) is 3.90. The number of ether oxygens (including phenoxy) is 1. The molecule has 0 saturated carbocycles. The van der Waals surface area contributed by atoms with E-state index in [0.717, 1.165) is 24.4 Å². The molecular weight excluding hydrogens is 396 g/mol. The topological polar surface area (TPSA) is 79.1 Å². The lowest BCUT2D eigenvalue weighted by Gasteiger charge is -2.36. The molecule has 2 aromatic rings. The van der Waals surface area contributed by atoms with E-state index < -0.39 is 0 Å². The van der Waals surface area contributed by atoms with E-state index in [1.165, 1.54) is 5.56 Å². The van der Waals surface area contributed by atoms with Crippen LogP contribution in [0.4, 0.5) is 0 Å². The molecule has 166 valence electrons. The summed E-state index contributed by atoms with van der Waals surface area (Å²) in [4.78, 5) is 35.3. The van der Waals surface area contributed by atoms with Gasteiger partial charge in [0.15, 0.2) is 11.7 Å². The van der Waals surface area contributed by atoms with Crippen molar-refractivity contribution in [3.63, 3.8) is 0 Å². The summed E-state index contributed by atoms with van der Waals surface area (Å²) < 4.78 is 11.1. The van der Waals surface area contributed by atoms with Crippen LogP contribution in [0.15, 0.2) is 34.9 Å². The Labute approximate surface area is 182 Å². The van der Waals surface area contributed by atoms with Crippen LogP contribution < -0.4 is 0 Å². The zero-order valence-electron chi connectivity index (χ0n) is 18.1. The van der Waals surface area contributed by atoms with Crippen molar-refractivity contribution in [2.75, 3.05) is 59.0 Å². The minimum atomic E-state index is 0.0790. The van der Waals surface area contributed by atoms with Gasteiger partial charge in [0.1, 0.15) is 0 Å². The summed E-state index contributed by atoms with van der Waals surface area (Å²) in [5.41, 5.74) is 2.17. The molecule has 8 heteroatoms. The number of aryl methyl sites for hydroxylation is 2. The molecular formula is C23H30N4O4. The Balaban J connectivity index is 1.20. The molecule has 0 unspecified atom stereocenters. The molecule has 2 aliphatic heterocycles. The number of morpholine rings is 1. The van der Waals surface area contributed by atoms with Crippen LogP contribution in [0.2, 0.25) is 0 Å². The number of oxazole rings is 1. The Morgan fingerprint density at radius 2 is 1.58 bits per heavy atom. The fraction of sp³-hybridized carbons (Fsp3) is 0.522. The lowest BCUT2D eigenvalue weighted by molar-refractivity contribution is -0.140. The second-order valence-electron chi connectivity index (χ2n) is 8.13. The summed E-state index contributed by atoms with van der Waals surface area (Å²) in [5, 5.41) is 0. The largest absolute Gasteiger partial charge is 0.441 e. The zero-order chi connectivity index (χ0) is 21.6. The number of amides is 2. The molecule has 4 rings (SSSR count). The van der Waals surface area contributed by atoms with E-state index in [-0.39, 0.29) is 11.8 Å². The van der Waals surface area contributed by atoms with Gasteiger partial charge in [0.05, 0.1) is 26.0 Å². The van der Waals surface area contributed by atoms with Gasteiger partial charge in [-0.25, -0.2) is 4.98 Å². The van der Waals surface area contributed by atoms with Crippen molar-refractivity contribution in [2.24, 2.45) is 0 Å². The summed E-state index contributed by atoms with van der Waals surface area (Å²) in [6, 6.07) is 8.08. The van der Waals surface area contributed by atoms with Gasteiger partial charge < -0.3 is 19.0 Å². The van der Waals surface area contributed by atoms with Crippen molar-refractivity contribution < 1.29 is 18.7 Å². The number of hydrogen-bond acceptors (Lipinski definition) is 6. The molecule has 2 amide bonds. The first-order valence-electron chi connectivity index (χ1n) is 11.0. The number of benzene rings is 1. The number of carbonyl (C=O) groups excluding carboxylic acids is 2. The normalized spacial score (nSPS) is 17.7. The van der Waals surface area contributed by atoms with E-state index in [0.29, 0.717) is 64.7 Å². The first-order chi connectivity index (χ1) is 15.1. The van der Waals surface area contributed by atoms with Crippen molar-refractivity contribution in [1.82, 2.24) is 19.7 Å². The number of nitrogens with zero attached hydrogens (tertiary/aromatic N) is 4. The van der Waals surface area contributed by atoms with Crippen LogP contribution in [0.25, 0.3) is 11.3 Å². The molecule has 0 bridgehead atoms. The fourth-order valence-corrected chi connectivity index (χ4v) is 3.90. The summed E-state index contributed by atoms with van der Waals surface area (Å²) in [5.74, 6) is 1.51. The van der Waals surface area contributed by atoms with Crippen molar-refractivity contribution in [1.29, 1.82) is 0 Å². The first kappa shape index (κ1) is 21.5. The summed E-state index contributed by atoms with van der Waals surface area (Å²) in [7, 11) is 0. The smallest absolute Gasteiger partial charge is 0.236 e. The van der Waals surface area contributed by atoms with Crippen molar-refractivity contribution in [3.8, 4) is 11.3 Å². The molecule has 0 atom stereocenters. The lowest BCUT2D eigenvalue weighted by Crippen LogP contribution is -2.53. The Kier molecular flexibility index (Phi) is 6.99. The molecule has 31 heavy (non-hydrogen) atoms. The highest BCUT2D eigenvalue weighted by atomic mass is 16.5. The van der Waals surface area contributed by atoms with E-state index in [9.17, 15) is 9.59 Å². The molecule has 0 N–H and O–H groups in total. The third-order valence-corrected chi connectivity index (χ3v) is 5.89. The van der Waals surface area contributed by atoms with Gasteiger partial charge in [-0.05, 0) is 6.92 Å². The van der Waals surface area contributed by atoms with E-state index in [4.69, 9.17) is 9.15 Å². The number of piperazine rings is 1. The molecule has 0 aliphatic carbocycles. The van der Waals surface area contributed by atoms with E-state index in [2.05, 4.69) is 9.88 Å². The standard InChI is InChI=1S/C23H30N4O4/c1-18-2-4-19(5-3-18)20-16-24-21(31-20)6-7-22(28)26-8-10-27(11-9-26)23(29)17-25-12-14-30-15-13-25/h2-5,16H,6-15,17H2,1H3. The number of rotatable bonds is 6. The maximum atomic E-state index is 12.6. The summed E-state index contributed by atoms with van der Waals surface area (Å²) in [6.07, 6.45) is 2.54. The van der Waals surface area contributed by atoms with E-state index >= 15 is 0 Å². The molecule has 1 aromatic carbocycles. The van der Waals surface area contributed by atoms with Crippen molar-refractivity contribution in [2.45, 2.75) is 19.8 Å². The third-order valence-electron chi connectivity index (χ3n) is 5.89. The Hall–Kier alpha value is -2.71. The zero-order valence-corrected chi connectivity index (χ0v) is 18.1. The van der Waals surface area contributed by atoms with Crippen LogP contribution in [0.3, 0.4) is 0 Å². The Morgan fingerprint density at radius 3 is 2.26 bits per heavy atom. The van der Waals surface area contributed by atoms with Gasteiger partial charge in [-0.2, -0.15) is 0 Å². The summed E-state index contributed by atoms with van der Waals surface area (Å²) >= 11 is 0. The molecule has 1 aromatic heterocycles. The maximum absolute atomic E-state index is 12.6. The van der Waals surface area contributed by atoms with Gasteiger partial charge in [-0.15, -0.1) is 0 Å². The monoisotopic (exact) mass is 426 g/mol. The van der Waals surface area contributed by atoms with Crippen LogP contribution in [0.1, 0.15) is 17.9 Å². The van der Waals surface area contributed by atoms with Crippen LogP contribution in [0.5, 0.6) is 0 Å². The minimum absolute atomic E-state index is 0.0790.